The van der Waals surface area contributed by atoms with E-state index in [1.165, 1.54) is 6.07 Å². The van der Waals surface area contributed by atoms with E-state index in [1.54, 1.807) is 18.5 Å². The molecule has 2 aromatic rings. The van der Waals surface area contributed by atoms with Crippen LogP contribution in [0.1, 0.15) is 36.6 Å². The molecule has 0 saturated carbocycles. The largest absolute Gasteiger partial charge is 0.306 e. The molecular formula is C16H18F2N2. The maximum Gasteiger partial charge on any atom is 0.163 e. The fourth-order valence-electron chi connectivity index (χ4n) is 2.35. The van der Waals surface area contributed by atoms with E-state index >= 15 is 0 Å². The molecule has 2 rings (SSSR count). The van der Waals surface area contributed by atoms with Crippen LogP contribution in [0.4, 0.5) is 8.78 Å². The summed E-state index contributed by atoms with van der Waals surface area (Å²) in [5.41, 5.74) is 2.30. The first-order chi connectivity index (χ1) is 9.69. The van der Waals surface area contributed by atoms with E-state index < -0.39 is 11.6 Å². The number of nitrogens with one attached hydrogen (secondary N) is 1. The van der Waals surface area contributed by atoms with Crippen molar-refractivity contribution in [1.82, 2.24) is 10.3 Å². The van der Waals surface area contributed by atoms with Gasteiger partial charge in [-0.25, -0.2) is 8.78 Å². The van der Waals surface area contributed by atoms with Crippen molar-refractivity contribution < 1.29 is 8.78 Å². The number of nitrogens with zero attached hydrogens (tertiary/aromatic N) is 1. The number of hydrogen-bond donors (Lipinski definition) is 1. The van der Waals surface area contributed by atoms with Gasteiger partial charge in [-0.1, -0.05) is 26.0 Å². The fraction of sp³-hybridized carbons (Fsp3) is 0.312. The van der Waals surface area contributed by atoms with Crippen LogP contribution in [0.3, 0.4) is 0 Å². The summed E-state index contributed by atoms with van der Waals surface area (Å²) in [6.45, 7) is 4.62. The molecule has 2 nitrogen and oxygen atoms in total. The molecule has 1 atom stereocenters. The standard InChI is InChI=1S/C16H18F2N2/c1-3-11-10-19-9-8-12(11)16(20-4-2)13-6-5-7-14(17)15(13)18/h5-10,16,20H,3-4H2,1-2H3. The number of rotatable bonds is 5. The number of hydrogen-bond acceptors (Lipinski definition) is 2. The Morgan fingerprint density at radius 1 is 1.15 bits per heavy atom. The van der Waals surface area contributed by atoms with E-state index in [0.29, 0.717) is 12.1 Å². The Morgan fingerprint density at radius 3 is 2.65 bits per heavy atom. The van der Waals surface area contributed by atoms with Crippen molar-refractivity contribution in [2.75, 3.05) is 6.54 Å². The van der Waals surface area contributed by atoms with Gasteiger partial charge in [0.1, 0.15) is 0 Å². The van der Waals surface area contributed by atoms with Crippen LogP contribution in [0.15, 0.2) is 36.7 Å². The van der Waals surface area contributed by atoms with Crippen LogP contribution >= 0.6 is 0 Å². The topological polar surface area (TPSA) is 24.9 Å². The third-order valence-corrected chi connectivity index (χ3v) is 3.33. The van der Waals surface area contributed by atoms with Crippen LogP contribution < -0.4 is 5.32 Å². The van der Waals surface area contributed by atoms with Crippen LogP contribution in [0, 0.1) is 11.6 Å². The Morgan fingerprint density at radius 2 is 1.95 bits per heavy atom. The van der Waals surface area contributed by atoms with Crippen molar-refractivity contribution in [2.45, 2.75) is 26.3 Å². The Balaban J connectivity index is 2.53. The molecule has 1 heterocycles. The molecule has 4 heteroatoms. The highest BCUT2D eigenvalue weighted by Gasteiger charge is 2.21. The van der Waals surface area contributed by atoms with Crippen molar-refractivity contribution in [2.24, 2.45) is 0 Å². The van der Waals surface area contributed by atoms with Gasteiger partial charge in [0, 0.05) is 18.0 Å². The SMILES string of the molecule is CCNC(c1ccncc1CC)c1cccc(F)c1F. The number of aryl methyl sites for hydroxylation is 1. The third kappa shape index (κ3) is 2.85. The van der Waals surface area contributed by atoms with Gasteiger partial charge < -0.3 is 5.32 Å². The first kappa shape index (κ1) is 14.6. The molecule has 1 aromatic heterocycles. The summed E-state index contributed by atoms with van der Waals surface area (Å²) in [5, 5.41) is 3.22. The van der Waals surface area contributed by atoms with E-state index in [0.717, 1.165) is 23.6 Å². The van der Waals surface area contributed by atoms with Crippen molar-refractivity contribution >= 4 is 0 Å². The zero-order valence-corrected chi connectivity index (χ0v) is 11.7. The maximum atomic E-state index is 14.1. The third-order valence-electron chi connectivity index (χ3n) is 3.33. The Bertz CT molecular complexity index is 584. The monoisotopic (exact) mass is 276 g/mol. The lowest BCUT2D eigenvalue weighted by molar-refractivity contribution is 0.482. The van der Waals surface area contributed by atoms with Gasteiger partial charge in [0.25, 0.3) is 0 Å². The van der Waals surface area contributed by atoms with Gasteiger partial charge >= 0.3 is 0 Å². The molecule has 106 valence electrons. The lowest BCUT2D eigenvalue weighted by Crippen LogP contribution is -2.24. The lowest BCUT2D eigenvalue weighted by Gasteiger charge is -2.22. The van der Waals surface area contributed by atoms with Gasteiger partial charge in [0.2, 0.25) is 0 Å². The Labute approximate surface area is 117 Å². The van der Waals surface area contributed by atoms with E-state index in [9.17, 15) is 8.78 Å². The Hall–Kier alpha value is -1.81. The highest BCUT2D eigenvalue weighted by atomic mass is 19.2. The average molecular weight is 276 g/mol. The highest BCUT2D eigenvalue weighted by Crippen LogP contribution is 2.27. The zero-order chi connectivity index (χ0) is 14.5. The minimum Gasteiger partial charge on any atom is -0.306 e. The molecule has 20 heavy (non-hydrogen) atoms. The van der Waals surface area contributed by atoms with Crippen LogP contribution in [-0.2, 0) is 6.42 Å². The normalized spacial score (nSPS) is 12.4. The molecule has 0 spiro atoms. The minimum atomic E-state index is -0.822. The van der Waals surface area contributed by atoms with Gasteiger partial charge in [-0.05, 0) is 36.2 Å². The van der Waals surface area contributed by atoms with Crippen LogP contribution in [-0.4, -0.2) is 11.5 Å². The molecule has 0 aliphatic rings. The molecule has 0 radical (unpaired) electrons. The molecule has 0 aliphatic carbocycles. The summed E-state index contributed by atoms with van der Waals surface area (Å²) in [4.78, 5) is 4.10. The van der Waals surface area contributed by atoms with E-state index in [1.807, 2.05) is 19.9 Å². The summed E-state index contributed by atoms with van der Waals surface area (Å²) in [6.07, 6.45) is 4.24. The zero-order valence-electron chi connectivity index (χ0n) is 11.7. The quantitative estimate of drug-likeness (QED) is 0.902. The van der Waals surface area contributed by atoms with Gasteiger partial charge in [-0.3, -0.25) is 4.98 Å². The second kappa shape index (κ2) is 6.57. The molecule has 0 fully saturated rings. The first-order valence-electron chi connectivity index (χ1n) is 6.79. The summed E-state index contributed by atoms with van der Waals surface area (Å²) >= 11 is 0. The van der Waals surface area contributed by atoms with Crippen LogP contribution in [0.25, 0.3) is 0 Å². The lowest BCUT2D eigenvalue weighted by atomic mass is 9.94. The van der Waals surface area contributed by atoms with E-state index in [4.69, 9.17) is 0 Å². The smallest absolute Gasteiger partial charge is 0.163 e. The van der Waals surface area contributed by atoms with Gasteiger partial charge in [0.05, 0.1) is 6.04 Å². The first-order valence-corrected chi connectivity index (χ1v) is 6.79. The fourth-order valence-corrected chi connectivity index (χ4v) is 2.35. The average Bonchev–Trinajstić information content (AvgIpc) is 2.48. The number of halogens is 2. The maximum absolute atomic E-state index is 14.1. The van der Waals surface area contributed by atoms with Crippen LogP contribution in [0.5, 0.6) is 0 Å². The molecule has 0 amide bonds. The summed E-state index contributed by atoms with van der Waals surface area (Å²) in [5.74, 6) is -1.62. The van der Waals surface area contributed by atoms with Gasteiger partial charge in [-0.2, -0.15) is 0 Å². The second-order valence-corrected chi connectivity index (χ2v) is 4.56. The highest BCUT2D eigenvalue weighted by molar-refractivity contribution is 5.36. The number of pyridine rings is 1. The predicted octanol–water partition coefficient (Wildman–Crippen LogP) is 3.62. The molecule has 0 saturated heterocycles. The van der Waals surface area contributed by atoms with Gasteiger partial charge in [0.15, 0.2) is 11.6 Å². The molecule has 1 N–H and O–H groups in total. The summed E-state index contributed by atoms with van der Waals surface area (Å²) in [7, 11) is 0. The predicted molar refractivity (Wildman–Crippen MR) is 75.5 cm³/mol. The van der Waals surface area contributed by atoms with Crippen molar-refractivity contribution in [3.63, 3.8) is 0 Å². The molecule has 0 aliphatic heterocycles. The van der Waals surface area contributed by atoms with Crippen molar-refractivity contribution in [3.05, 3.63) is 65.0 Å². The van der Waals surface area contributed by atoms with Crippen LogP contribution in [0.2, 0.25) is 0 Å². The minimum absolute atomic E-state index is 0.327. The van der Waals surface area contributed by atoms with E-state index in [-0.39, 0.29) is 6.04 Å². The van der Waals surface area contributed by atoms with Crippen molar-refractivity contribution in [1.29, 1.82) is 0 Å². The summed E-state index contributed by atoms with van der Waals surface area (Å²) < 4.78 is 27.5. The van der Waals surface area contributed by atoms with Crippen molar-refractivity contribution in [3.8, 4) is 0 Å². The second-order valence-electron chi connectivity index (χ2n) is 4.56. The summed E-state index contributed by atoms with van der Waals surface area (Å²) in [6, 6.07) is 5.77. The molecule has 1 aromatic carbocycles. The Kier molecular flexibility index (Phi) is 4.79. The molecule has 0 bridgehead atoms. The van der Waals surface area contributed by atoms with E-state index in [2.05, 4.69) is 10.3 Å². The molecular weight excluding hydrogens is 258 g/mol. The number of aromatic nitrogens is 1. The number of benzene rings is 1. The van der Waals surface area contributed by atoms with Gasteiger partial charge in [-0.15, -0.1) is 0 Å². The molecule has 1 unspecified atom stereocenters.